The van der Waals surface area contributed by atoms with E-state index < -0.39 is 0 Å². The van der Waals surface area contributed by atoms with Gasteiger partial charge in [-0.25, -0.2) is 0 Å². The molecule has 0 bridgehead atoms. The van der Waals surface area contributed by atoms with Crippen molar-refractivity contribution in [3.63, 3.8) is 0 Å². The van der Waals surface area contributed by atoms with Gasteiger partial charge in [-0.15, -0.1) is 0 Å². The van der Waals surface area contributed by atoms with Crippen molar-refractivity contribution >= 4 is 11.6 Å². The summed E-state index contributed by atoms with van der Waals surface area (Å²) in [5.74, 6) is 1.99. The molecule has 1 aliphatic rings. The van der Waals surface area contributed by atoms with Gasteiger partial charge in [-0.3, -0.25) is 4.79 Å². The van der Waals surface area contributed by atoms with Crippen LogP contribution in [0.4, 0.5) is 5.69 Å². The summed E-state index contributed by atoms with van der Waals surface area (Å²) in [6.45, 7) is 1.02. The van der Waals surface area contributed by atoms with Gasteiger partial charge in [0.1, 0.15) is 13.2 Å². The fourth-order valence-corrected chi connectivity index (χ4v) is 3.13. The molecule has 148 valence electrons. The lowest BCUT2D eigenvalue weighted by atomic mass is 10.1. The second-order valence-corrected chi connectivity index (χ2v) is 6.68. The number of anilines is 1. The number of fused-ring (bicyclic) bond motifs is 1. The normalized spacial score (nSPS) is 12.4. The molecule has 7 heteroatoms. The molecule has 1 N–H and O–H groups in total. The average Bonchev–Trinajstić information content (AvgIpc) is 3.30. The van der Waals surface area contributed by atoms with Crippen molar-refractivity contribution in [3.05, 3.63) is 78.4 Å². The maximum absolute atomic E-state index is 12.6. The summed E-state index contributed by atoms with van der Waals surface area (Å²) in [5.41, 5.74) is 2.76. The monoisotopic (exact) mass is 399 g/mol. The van der Waals surface area contributed by atoms with Gasteiger partial charge in [0, 0.05) is 28.4 Å². The topological polar surface area (TPSA) is 86.5 Å². The summed E-state index contributed by atoms with van der Waals surface area (Å²) in [7, 11) is 0. The summed E-state index contributed by atoms with van der Waals surface area (Å²) in [6, 6.07) is 21.9. The average molecular weight is 399 g/mol. The summed E-state index contributed by atoms with van der Waals surface area (Å²) >= 11 is 0. The van der Waals surface area contributed by atoms with Gasteiger partial charge in [-0.05, 0) is 36.4 Å². The van der Waals surface area contributed by atoms with Crippen LogP contribution in [-0.4, -0.2) is 29.3 Å². The number of aromatic nitrogens is 2. The molecule has 0 saturated heterocycles. The van der Waals surface area contributed by atoms with E-state index in [1.807, 2.05) is 30.3 Å². The van der Waals surface area contributed by atoms with Crippen LogP contribution in [0, 0.1) is 0 Å². The molecule has 0 fully saturated rings. The molecule has 0 saturated carbocycles. The van der Waals surface area contributed by atoms with Crippen LogP contribution in [0.25, 0.3) is 22.8 Å². The molecule has 3 aromatic carbocycles. The van der Waals surface area contributed by atoms with E-state index in [1.165, 1.54) is 0 Å². The van der Waals surface area contributed by atoms with Gasteiger partial charge < -0.3 is 19.3 Å². The standard InChI is InChI=1S/C23H17N3O4/c27-22(24-18-10-11-19-20(14-18)29-13-12-28-19)16-6-8-17(9-7-16)23-25-21(26-30-23)15-4-2-1-3-5-15/h1-11,14H,12-13H2,(H,24,27). The number of nitrogens with zero attached hydrogens (tertiary/aromatic N) is 2. The van der Waals surface area contributed by atoms with Gasteiger partial charge in [0.05, 0.1) is 0 Å². The molecule has 0 unspecified atom stereocenters. The van der Waals surface area contributed by atoms with Gasteiger partial charge in [-0.2, -0.15) is 4.98 Å². The first-order chi connectivity index (χ1) is 14.8. The predicted octanol–water partition coefficient (Wildman–Crippen LogP) is 4.43. The first-order valence-electron chi connectivity index (χ1n) is 9.47. The Morgan fingerprint density at radius 2 is 1.60 bits per heavy atom. The lowest BCUT2D eigenvalue weighted by Crippen LogP contribution is -2.16. The van der Waals surface area contributed by atoms with Crippen LogP contribution in [0.2, 0.25) is 0 Å². The fraction of sp³-hybridized carbons (Fsp3) is 0.0870. The maximum Gasteiger partial charge on any atom is 0.258 e. The van der Waals surface area contributed by atoms with Crippen LogP contribution in [0.3, 0.4) is 0 Å². The van der Waals surface area contributed by atoms with Gasteiger partial charge in [-0.1, -0.05) is 35.5 Å². The Kier molecular flexibility index (Phi) is 4.61. The third kappa shape index (κ3) is 3.60. The molecule has 2 heterocycles. The van der Waals surface area contributed by atoms with Crippen LogP contribution >= 0.6 is 0 Å². The zero-order chi connectivity index (χ0) is 20.3. The molecular weight excluding hydrogens is 382 g/mol. The van der Waals surface area contributed by atoms with Crippen molar-refractivity contribution in [3.8, 4) is 34.3 Å². The summed E-state index contributed by atoms with van der Waals surface area (Å²) in [6.07, 6.45) is 0. The maximum atomic E-state index is 12.6. The minimum Gasteiger partial charge on any atom is -0.486 e. The van der Waals surface area contributed by atoms with Crippen molar-refractivity contribution in [2.75, 3.05) is 18.5 Å². The van der Waals surface area contributed by atoms with Gasteiger partial charge in [0.15, 0.2) is 11.5 Å². The lowest BCUT2D eigenvalue weighted by molar-refractivity contribution is 0.102. The number of rotatable bonds is 4. The van der Waals surface area contributed by atoms with E-state index in [1.54, 1.807) is 42.5 Å². The molecule has 7 nitrogen and oxygen atoms in total. The SMILES string of the molecule is O=C(Nc1ccc2c(c1)OCCO2)c1ccc(-c2nc(-c3ccccc3)no2)cc1. The van der Waals surface area contributed by atoms with E-state index in [2.05, 4.69) is 15.5 Å². The third-order valence-electron chi connectivity index (χ3n) is 4.65. The highest BCUT2D eigenvalue weighted by Gasteiger charge is 2.15. The summed E-state index contributed by atoms with van der Waals surface area (Å²) in [4.78, 5) is 17.0. The Morgan fingerprint density at radius 3 is 2.40 bits per heavy atom. The number of hydrogen-bond acceptors (Lipinski definition) is 6. The van der Waals surface area contributed by atoms with E-state index in [0.717, 1.165) is 11.1 Å². The Morgan fingerprint density at radius 1 is 0.833 bits per heavy atom. The first kappa shape index (κ1) is 17.9. The molecule has 1 aliphatic heterocycles. The second kappa shape index (κ2) is 7.71. The third-order valence-corrected chi connectivity index (χ3v) is 4.65. The Hall–Kier alpha value is -4.13. The molecule has 4 aromatic rings. The molecule has 1 aromatic heterocycles. The van der Waals surface area contributed by atoms with Crippen molar-refractivity contribution in [1.29, 1.82) is 0 Å². The molecule has 30 heavy (non-hydrogen) atoms. The largest absolute Gasteiger partial charge is 0.486 e. The molecular formula is C23H17N3O4. The highest BCUT2D eigenvalue weighted by atomic mass is 16.6. The van der Waals surface area contributed by atoms with Crippen molar-refractivity contribution < 1.29 is 18.8 Å². The minimum atomic E-state index is -0.228. The Labute approximate surface area is 172 Å². The molecule has 0 radical (unpaired) electrons. The Bertz CT molecular complexity index is 1190. The number of hydrogen-bond donors (Lipinski definition) is 1. The van der Waals surface area contributed by atoms with Gasteiger partial charge >= 0.3 is 0 Å². The molecule has 5 rings (SSSR count). The summed E-state index contributed by atoms with van der Waals surface area (Å²) < 4.78 is 16.4. The quantitative estimate of drug-likeness (QED) is 0.546. The fourth-order valence-electron chi connectivity index (χ4n) is 3.13. The van der Waals surface area contributed by atoms with Crippen LogP contribution in [0.15, 0.2) is 77.3 Å². The molecule has 0 aliphatic carbocycles. The van der Waals surface area contributed by atoms with Crippen LogP contribution in [0.5, 0.6) is 11.5 Å². The highest BCUT2D eigenvalue weighted by molar-refractivity contribution is 6.04. The van der Waals surface area contributed by atoms with Crippen LogP contribution < -0.4 is 14.8 Å². The van der Waals surface area contributed by atoms with Gasteiger partial charge in [0.25, 0.3) is 11.8 Å². The summed E-state index contributed by atoms with van der Waals surface area (Å²) in [5, 5.41) is 6.89. The number of ether oxygens (including phenoxy) is 2. The van der Waals surface area contributed by atoms with Gasteiger partial charge in [0.2, 0.25) is 5.82 Å². The van der Waals surface area contributed by atoms with E-state index in [4.69, 9.17) is 14.0 Å². The van der Waals surface area contributed by atoms with Crippen molar-refractivity contribution in [2.24, 2.45) is 0 Å². The molecule has 1 amide bonds. The smallest absolute Gasteiger partial charge is 0.258 e. The number of carbonyl (C=O) groups is 1. The van der Waals surface area contributed by atoms with Crippen molar-refractivity contribution in [2.45, 2.75) is 0 Å². The van der Waals surface area contributed by atoms with Crippen LogP contribution in [-0.2, 0) is 0 Å². The van der Waals surface area contributed by atoms with Crippen LogP contribution in [0.1, 0.15) is 10.4 Å². The minimum absolute atomic E-state index is 0.228. The number of amides is 1. The highest BCUT2D eigenvalue weighted by Crippen LogP contribution is 2.32. The van der Waals surface area contributed by atoms with E-state index >= 15 is 0 Å². The number of carbonyl (C=O) groups excluding carboxylic acids is 1. The second-order valence-electron chi connectivity index (χ2n) is 6.68. The predicted molar refractivity (Wildman–Crippen MR) is 111 cm³/mol. The van der Waals surface area contributed by atoms with E-state index in [-0.39, 0.29) is 5.91 Å². The molecule has 0 atom stereocenters. The zero-order valence-corrected chi connectivity index (χ0v) is 15.9. The first-order valence-corrected chi connectivity index (χ1v) is 9.47. The number of benzene rings is 3. The lowest BCUT2D eigenvalue weighted by Gasteiger charge is -2.19. The Balaban J connectivity index is 1.30. The van der Waals surface area contributed by atoms with E-state index in [0.29, 0.717) is 47.7 Å². The number of nitrogens with one attached hydrogen (secondary N) is 1. The van der Waals surface area contributed by atoms with Crippen molar-refractivity contribution in [1.82, 2.24) is 10.1 Å². The zero-order valence-electron chi connectivity index (χ0n) is 15.9. The molecule has 0 spiro atoms. The van der Waals surface area contributed by atoms with E-state index in [9.17, 15) is 4.79 Å².